The van der Waals surface area contributed by atoms with E-state index in [-0.39, 0.29) is 5.91 Å². The van der Waals surface area contributed by atoms with Crippen molar-refractivity contribution in [2.75, 3.05) is 0 Å². The van der Waals surface area contributed by atoms with Crippen LogP contribution in [-0.4, -0.2) is 10.9 Å². The van der Waals surface area contributed by atoms with Crippen LogP contribution in [0.4, 0.5) is 0 Å². The molecule has 2 rings (SSSR count). The van der Waals surface area contributed by atoms with Crippen molar-refractivity contribution in [3.05, 3.63) is 65.5 Å². The van der Waals surface area contributed by atoms with Gasteiger partial charge in [-0.15, -0.1) is 0 Å². The van der Waals surface area contributed by atoms with Crippen molar-refractivity contribution in [2.24, 2.45) is 0 Å². The number of hydrogen-bond acceptors (Lipinski definition) is 2. The minimum atomic E-state index is -0.0612. The third-order valence-corrected chi connectivity index (χ3v) is 2.49. The first kappa shape index (κ1) is 11.3. The number of rotatable bonds is 3. The molecule has 0 saturated carbocycles. The molecule has 0 spiro atoms. The molecule has 0 aliphatic rings. The Bertz CT molecular complexity index is 491. The lowest BCUT2D eigenvalue weighted by Crippen LogP contribution is -2.22. The number of nitrogens with one attached hydrogen (secondary N) is 1. The first-order valence-corrected chi connectivity index (χ1v) is 5.49. The summed E-state index contributed by atoms with van der Waals surface area (Å²) in [6.07, 6.45) is 3.46. The molecule has 0 fully saturated rings. The molecule has 1 N–H and O–H groups in total. The Morgan fingerprint density at radius 1 is 1.24 bits per heavy atom. The second kappa shape index (κ2) is 5.25. The van der Waals surface area contributed by atoms with E-state index in [9.17, 15) is 4.79 Å². The maximum atomic E-state index is 11.8. The summed E-state index contributed by atoms with van der Waals surface area (Å²) >= 11 is 0. The number of aryl methyl sites for hydroxylation is 1. The Kier molecular flexibility index (Phi) is 3.50. The predicted molar refractivity (Wildman–Crippen MR) is 66.6 cm³/mol. The van der Waals surface area contributed by atoms with Gasteiger partial charge in [0.2, 0.25) is 0 Å². The summed E-state index contributed by atoms with van der Waals surface area (Å²) < 4.78 is 0. The van der Waals surface area contributed by atoms with Gasteiger partial charge in [-0.3, -0.25) is 9.78 Å². The molecule has 0 radical (unpaired) electrons. The molecule has 1 heterocycles. The average Bonchev–Trinajstić information content (AvgIpc) is 2.38. The fourth-order valence-corrected chi connectivity index (χ4v) is 1.49. The van der Waals surface area contributed by atoms with Gasteiger partial charge in [0.05, 0.1) is 0 Å². The quantitative estimate of drug-likeness (QED) is 0.872. The molecular weight excluding hydrogens is 212 g/mol. The normalized spacial score (nSPS) is 9.94. The highest BCUT2D eigenvalue weighted by Crippen LogP contribution is 2.03. The summed E-state index contributed by atoms with van der Waals surface area (Å²) in [4.78, 5) is 15.8. The SMILES string of the molecule is Cc1ccc(C(=O)NCc2cccnc2)cc1. The number of carbonyl (C=O) groups excluding carboxylic acids is 1. The summed E-state index contributed by atoms with van der Waals surface area (Å²) in [6.45, 7) is 2.50. The van der Waals surface area contributed by atoms with E-state index in [0.29, 0.717) is 12.1 Å². The van der Waals surface area contributed by atoms with Gasteiger partial charge in [-0.1, -0.05) is 23.8 Å². The number of nitrogens with zero attached hydrogens (tertiary/aromatic N) is 1. The summed E-state index contributed by atoms with van der Waals surface area (Å²) in [5.41, 5.74) is 2.82. The van der Waals surface area contributed by atoms with Crippen LogP contribution in [-0.2, 0) is 6.54 Å². The summed E-state index contributed by atoms with van der Waals surface area (Å²) in [7, 11) is 0. The molecule has 0 aliphatic heterocycles. The van der Waals surface area contributed by atoms with Crippen LogP contribution in [0.15, 0.2) is 48.8 Å². The highest BCUT2D eigenvalue weighted by atomic mass is 16.1. The van der Waals surface area contributed by atoms with E-state index < -0.39 is 0 Å². The van der Waals surface area contributed by atoms with Crippen LogP contribution < -0.4 is 5.32 Å². The van der Waals surface area contributed by atoms with Gasteiger partial charge < -0.3 is 5.32 Å². The van der Waals surface area contributed by atoms with E-state index in [0.717, 1.165) is 11.1 Å². The van der Waals surface area contributed by atoms with Gasteiger partial charge in [0.25, 0.3) is 5.91 Å². The molecule has 1 aromatic heterocycles. The van der Waals surface area contributed by atoms with E-state index in [4.69, 9.17) is 0 Å². The van der Waals surface area contributed by atoms with Gasteiger partial charge in [-0.2, -0.15) is 0 Å². The Morgan fingerprint density at radius 2 is 2.00 bits per heavy atom. The van der Waals surface area contributed by atoms with E-state index in [1.807, 2.05) is 43.3 Å². The van der Waals surface area contributed by atoms with E-state index in [1.54, 1.807) is 12.4 Å². The molecular formula is C14H14N2O. The molecule has 3 nitrogen and oxygen atoms in total. The van der Waals surface area contributed by atoms with Crippen molar-refractivity contribution < 1.29 is 4.79 Å². The van der Waals surface area contributed by atoms with Gasteiger partial charge >= 0.3 is 0 Å². The van der Waals surface area contributed by atoms with Gasteiger partial charge in [0.1, 0.15) is 0 Å². The minimum absolute atomic E-state index is 0.0612. The van der Waals surface area contributed by atoms with Gasteiger partial charge in [-0.25, -0.2) is 0 Å². The van der Waals surface area contributed by atoms with E-state index in [1.165, 1.54) is 0 Å². The number of carbonyl (C=O) groups is 1. The molecule has 1 aromatic carbocycles. The van der Waals surface area contributed by atoms with Crippen molar-refractivity contribution in [3.8, 4) is 0 Å². The van der Waals surface area contributed by atoms with Crippen LogP contribution in [0, 0.1) is 6.92 Å². The number of hydrogen-bond donors (Lipinski definition) is 1. The second-order valence-electron chi connectivity index (χ2n) is 3.91. The maximum absolute atomic E-state index is 11.8. The number of amides is 1. The molecule has 2 aromatic rings. The molecule has 3 heteroatoms. The Balaban J connectivity index is 1.96. The molecule has 0 saturated heterocycles. The Labute approximate surface area is 101 Å². The average molecular weight is 226 g/mol. The van der Waals surface area contributed by atoms with Crippen LogP contribution in [0.25, 0.3) is 0 Å². The third kappa shape index (κ3) is 3.14. The molecule has 0 unspecified atom stereocenters. The van der Waals surface area contributed by atoms with Crippen LogP contribution in [0.1, 0.15) is 21.5 Å². The highest BCUT2D eigenvalue weighted by Gasteiger charge is 2.04. The number of benzene rings is 1. The van der Waals surface area contributed by atoms with Gasteiger partial charge in [0.15, 0.2) is 0 Å². The Hall–Kier alpha value is -2.16. The second-order valence-corrected chi connectivity index (χ2v) is 3.91. The molecule has 0 bridgehead atoms. The highest BCUT2D eigenvalue weighted by molar-refractivity contribution is 5.94. The van der Waals surface area contributed by atoms with Crippen LogP contribution in [0.3, 0.4) is 0 Å². The fraction of sp³-hybridized carbons (Fsp3) is 0.143. The van der Waals surface area contributed by atoms with Crippen LogP contribution in [0.5, 0.6) is 0 Å². The largest absolute Gasteiger partial charge is 0.348 e. The molecule has 0 atom stereocenters. The first-order valence-electron chi connectivity index (χ1n) is 5.49. The smallest absolute Gasteiger partial charge is 0.251 e. The predicted octanol–water partition coefficient (Wildman–Crippen LogP) is 2.32. The van der Waals surface area contributed by atoms with Gasteiger partial charge in [-0.05, 0) is 30.7 Å². The Morgan fingerprint density at radius 3 is 2.65 bits per heavy atom. The van der Waals surface area contributed by atoms with Crippen molar-refractivity contribution in [1.29, 1.82) is 0 Å². The standard InChI is InChI=1S/C14H14N2O/c1-11-4-6-13(7-5-11)14(17)16-10-12-3-2-8-15-9-12/h2-9H,10H2,1H3,(H,16,17). The van der Waals surface area contributed by atoms with E-state index >= 15 is 0 Å². The zero-order valence-electron chi connectivity index (χ0n) is 9.68. The fourth-order valence-electron chi connectivity index (χ4n) is 1.49. The molecule has 1 amide bonds. The lowest BCUT2D eigenvalue weighted by Gasteiger charge is -2.05. The monoisotopic (exact) mass is 226 g/mol. The van der Waals surface area contributed by atoms with Crippen molar-refractivity contribution in [2.45, 2.75) is 13.5 Å². The lowest BCUT2D eigenvalue weighted by molar-refractivity contribution is 0.0951. The van der Waals surface area contributed by atoms with Crippen LogP contribution in [0.2, 0.25) is 0 Å². The summed E-state index contributed by atoms with van der Waals surface area (Å²) in [6, 6.07) is 11.3. The molecule has 86 valence electrons. The van der Waals surface area contributed by atoms with Crippen molar-refractivity contribution in [1.82, 2.24) is 10.3 Å². The summed E-state index contributed by atoms with van der Waals surface area (Å²) in [5, 5.41) is 2.86. The molecule has 17 heavy (non-hydrogen) atoms. The van der Waals surface area contributed by atoms with Gasteiger partial charge in [0, 0.05) is 24.5 Å². The topological polar surface area (TPSA) is 42.0 Å². The zero-order chi connectivity index (χ0) is 12.1. The third-order valence-electron chi connectivity index (χ3n) is 2.49. The maximum Gasteiger partial charge on any atom is 0.251 e. The first-order chi connectivity index (χ1) is 8.25. The molecule has 0 aliphatic carbocycles. The lowest BCUT2D eigenvalue weighted by atomic mass is 10.1. The zero-order valence-corrected chi connectivity index (χ0v) is 9.68. The van der Waals surface area contributed by atoms with E-state index in [2.05, 4.69) is 10.3 Å². The van der Waals surface area contributed by atoms with Crippen molar-refractivity contribution >= 4 is 5.91 Å². The van der Waals surface area contributed by atoms with Crippen molar-refractivity contribution in [3.63, 3.8) is 0 Å². The number of pyridine rings is 1. The number of aromatic nitrogens is 1. The van der Waals surface area contributed by atoms with Crippen LogP contribution >= 0.6 is 0 Å². The minimum Gasteiger partial charge on any atom is -0.348 e. The summed E-state index contributed by atoms with van der Waals surface area (Å²) in [5.74, 6) is -0.0612.